The number of hydrogen-bond acceptors (Lipinski definition) is 4. The number of carbonyl (C=O) groups excluding carboxylic acids is 1. The maximum Gasteiger partial charge on any atom is 0.320 e. The molecule has 0 aliphatic rings. The molecule has 3 rings (SSSR count). The highest BCUT2D eigenvalue weighted by molar-refractivity contribution is 5.88. The lowest BCUT2D eigenvalue weighted by molar-refractivity contribution is 0.249. The highest BCUT2D eigenvalue weighted by Gasteiger charge is 2.12. The molecule has 0 radical (unpaired) electrons. The fourth-order valence-corrected chi connectivity index (χ4v) is 2.53. The molecule has 0 unspecified atom stereocenters. The normalized spacial score (nSPS) is 11.9. The number of amides is 2. The summed E-state index contributed by atoms with van der Waals surface area (Å²) in [4.78, 5) is 16.5. The summed E-state index contributed by atoms with van der Waals surface area (Å²) in [6.07, 6.45) is 4.04. The molecule has 3 aromatic heterocycles. The Kier molecular flexibility index (Phi) is 5.08. The summed E-state index contributed by atoms with van der Waals surface area (Å²) in [5.41, 5.74) is 2.80. The van der Waals surface area contributed by atoms with Crippen LogP contribution in [0.5, 0.6) is 0 Å². The highest BCUT2D eigenvalue weighted by atomic mass is 16.2. The van der Waals surface area contributed by atoms with Crippen LogP contribution in [0.4, 0.5) is 10.6 Å². The molecule has 3 aromatic rings. The summed E-state index contributed by atoms with van der Waals surface area (Å²) in [6, 6.07) is 9.10. The maximum absolute atomic E-state index is 12.2. The molecule has 0 fully saturated rings. The van der Waals surface area contributed by atoms with E-state index in [1.807, 2.05) is 38.1 Å². The van der Waals surface area contributed by atoms with Crippen LogP contribution >= 0.6 is 0 Å². The van der Waals surface area contributed by atoms with Crippen molar-refractivity contribution in [1.29, 1.82) is 0 Å². The number of urea groups is 1. The average Bonchev–Trinajstić information content (AvgIpc) is 3.17. The third kappa shape index (κ3) is 4.66. The number of pyridine rings is 1. The van der Waals surface area contributed by atoms with Crippen molar-refractivity contribution in [3.8, 4) is 0 Å². The summed E-state index contributed by atoms with van der Waals surface area (Å²) in [5, 5.41) is 17.0. The first kappa shape index (κ1) is 16.7. The van der Waals surface area contributed by atoms with E-state index in [0.29, 0.717) is 18.8 Å². The zero-order valence-corrected chi connectivity index (χ0v) is 14.2. The van der Waals surface area contributed by atoms with Crippen LogP contribution in [0, 0.1) is 6.92 Å². The quantitative estimate of drug-likeness (QED) is 0.640. The molecule has 0 aliphatic heterocycles. The lowest BCUT2D eigenvalue weighted by Gasteiger charge is -2.14. The Hall–Kier alpha value is -3.16. The van der Waals surface area contributed by atoms with E-state index in [-0.39, 0.29) is 12.1 Å². The molecule has 0 aliphatic carbocycles. The van der Waals surface area contributed by atoms with Crippen molar-refractivity contribution >= 4 is 11.8 Å². The van der Waals surface area contributed by atoms with Crippen LogP contribution in [-0.4, -0.2) is 37.0 Å². The van der Waals surface area contributed by atoms with Crippen LogP contribution in [0.1, 0.15) is 24.0 Å². The number of rotatable bonds is 6. The minimum absolute atomic E-state index is 0.0464. The van der Waals surface area contributed by atoms with E-state index < -0.39 is 0 Å². The minimum atomic E-state index is -0.275. The van der Waals surface area contributed by atoms with Gasteiger partial charge in [0.1, 0.15) is 5.82 Å². The van der Waals surface area contributed by atoms with Gasteiger partial charge in [0.2, 0.25) is 0 Å². The van der Waals surface area contributed by atoms with Gasteiger partial charge in [-0.25, -0.2) is 9.48 Å². The van der Waals surface area contributed by atoms with Crippen LogP contribution < -0.4 is 10.6 Å². The van der Waals surface area contributed by atoms with E-state index in [4.69, 9.17) is 0 Å². The maximum atomic E-state index is 12.2. The van der Waals surface area contributed by atoms with Gasteiger partial charge in [-0.3, -0.25) is 15.4 Å². The lowest BCUT2D eigenvalue weighted by Crippen LogP contribution is -2.37. The molecule has 0 bridgehead atoms. The second kappa shape index (κ2) is 7.61. The predicted octanol–water partition coefficient (Wildman–Crippen LogP) is 2.11. The Morgan fingerprint density at radius 3 is 2.88 bits per heavy atom. The molecule has 2 amide bonds. The Morgan fingerprint density at radius 1 is 1.28 bits per heavy atom. The van der Waals surface area contributed by atoms with Crippen LogP contribution in [0.25, 0.3) is 0 Å². The van der Waals surface area contributed by atoms with Crippen molar-refractivity contribution in [2.24, 2.45) is 0 Å². The lowest BCUT2D eigenvalue weighted by atomic mass is 10.2. The largest absolute Gasteiger partial charge is 0.335 e. The number of aromatic nitrogens is 5. The molecule has 0 aromatic carbocycles. The molecule has 0 saturated heterocycles. The number of carbonyl (C=O) groups is 1. The van der Waals surface area contributed by atoms with Gasteiger partial charge in [-0.1, -0.05) is 6.07 Å². The second-order valence-electron chi connectivity index (χ2n) is 5.94. The summed E-state index contributed by atoms with van der Waals surface area (Å²) in [7, 11) is 0. The van der Waals surface area contributed by atoms with Crippen LogP contribution in [0.2, 0.25) is 0 Å². The number of aryl methyl sites for hydroxylation is 1. The summed E-state index contributed by atoms with van der Waals surface area (Å²) < 4.78 is 1.70. The summed E-state index contributed by atoms with van der Waals surface area (Å²) in [6.45, 7) is 4.38. The van der Waals surface area contributed by atoms with Gasteiger partial charge in [-0.2, -0.15) is 10.2 Å². The molecule has 0 saturated carbocycles. The highest BCUT2D eigenvalue weighted by Crippen LogP contribution is 2.09. The summed E-state index contributed by atoms with van der Waals surface area (Å²) in [5.74, 6) is 0.617. The predicted molar refractivity (Wildman–Crippen MR) is 94.2 cm³/mol. The fraction of sp³-hybridized carbons (Fsp3) is 0.294. The fourth-order valence-electron chi connectivity index (χ4n) is 2.53. The zero-order chi connectivity index (χ0) is 17.6. The number of aromatic amines is 1. The Bertz CT molecular complexity index is 824. The van der Waals surface area contributed by atoms with Gasteiger partial charge in [0, 0.05) is 30.4 Å². The van der Waals surface area contributed by atoms with Crippen molar-refractivity contribution < 1.29 is 4.79 Å². The molecule has 130 valence electrons. The molecule has 8 nitrogen and oxygen atoms in total. The van der Waals surface area contributed by atoms with Gasteiger partial charge >= 0.3 is 6.03 Å². The molecule has 3 N–H and O–H groups in total. The monoisotopic (exact) mass is 339 g/mol. The van der Waals surface area contributed by atoms with E-state index in [2.05, 4.69) is 30.9 Å². The average molecular weight is 339 g/mol. The van der Waals surface area contributed by atoms with Crippen molar-refractivity contribution in [2.75, 3.05) is 5.32 Å². The molecular formula is C17H21N7O. The van der Waals surface area contributed by atoms with Gasteiger partial charge in [-0.15, -0.1) is 0 Å². The van der Waals surface area contributed by atoms with E-state index in [0.717, 1.165) is 17.1 Å². The van der Waals surface area contributed by atoms with Crippen molar-refractivity contribution in [3.05, 3.63) is 59.8 Å². The molecular weight excluding hydrogens is 318 g/mol. The van der Waals surface area contributed by atoms with Crippen LogP contribution in [-0.2, 0) is 13.0 Å². The number of anilines is 1. The molecule has 25 heavy (non-hydrogen) atoms. The molecule has 3 heterocycles. The van der Waals surface area contributed by atoms with Gasteiger partial charge in [0.05, 0.1) is 24.1 Å². The number of nitrogens with zero attached hydrogens (tertiary/aromatic N) is 4. The molecule has 1 atom stereocenters. The first-order valence-corrected chi connectivity index (χ1v) is 8.10. The Labute approximate surface area is 145 Å². The van der Waals surface area contributed by atoms with E-state index >= 15 is 0 Å². The van der Waals surface area contributed by atoms with E-state index in [9.17, 15) is 4.79 Å². The first-order chi connectivity index (χ1) is 12.1. The molecule has 8 heteroatoms. The third-order valence-electron chi connectivity index (χ3n) is 3.65. The van der Waals surface area contributed by atoms with Crippen molar-refractivity contribution in [1.82, 2.24) is 30.3 Å². The second-order valence-corrected chi connectivity index (χ2v) is 5.94. The van der Waals surface area contributed by atoms with Gasteiger partial charge in [0.15, 0.2) is 0 Å². The third-order valence-corrected chi connectivity index (χ3v) is 3.65. The topological polar surface area (TPSA) is 101 Å². The van der Waals surface area contributed by atoms with E-state index in [1.165, 1.54) is 0 Å². The van der Waals surface area contributed by atoms with Gasteiger partial charge in [-0.05, 0) is 32.0 Å². The smallest absolute Gasteiger partial charge is 0.320 e. The van der Waals surface area contributed by atoms with Gasteiger partial charge < -0.3 is 5.32 Å². The Morgan fingerprint density at radius 2 is 2.16 bits per heavy atom. The van der Waals surface area contributed by atoms with E-state index in [1.54, 1.807) is 23.1 Å². The number of hydrogen-bond donors (Lipinski definition) is 3. The minimum Gasteiger partial charge on any atom is -0.335 e. The number of H-pyrrole nitrogens is 1. The van der Waals surface area contributed by atoms with Crippen molar-refractivity contribution in [2.45, 2.75) is 32.9 Å². The van der Waals surface area contributed by atoms with Crippen molar-refractivity contribution in [3.63, 3.8) is 0 Å². The number of nitrogens with one attached hydrogen (secondary N) is 3. The standard InChI is InChI=1S/C17H21N7O/c1-12(9-15-10-13(2)22-23-15)20-17(25)21-16-6-8-19-24(16)11-14-5-3-4-7-18-14/h3-8,10,12H,9,11H2,1-2H3,(H,22,23)(H2,20,21,25)/t12-/m1/s1. The zero-order valence-electron chi connectivity index (χ0n) is 14.2. The SMILES string of the molecule is Cc1cc(C[C@@H](C)NC(=O)Nc2ccnn2Cc2ccccn2)n[nH]1. The Balaban J connectivity index is 1.55. The molecule has 0 spiro atoms. The summed E-state index contributed by atoms with van der Waals surface area (Å²) >= 11 is 0. The van der Waals surface area contributed by atoms with Gasteiger partial charge in [0.25, 0.3) is 0 Å². The van der Waals surface area contributed by atoms with Crippen LogP contribution in [0.15, 0.2) is 42.7 Å². The van der Waals surface area contributed by atoms with Crippen LogP contribution in [0.3, 0.4) is 0 Å². The first-order valence-electron chi connectivity index (χ1n) is 8.10.